The molecule has 154 valence electrons. The number of nitrogens with one attached hydrogen (secondary N) is 1. The van der Waals surface area contributed by atoms with Gasteiger partial charge < -0.3 is 14.8 Å². The number of rotatable bonds is 7. The molecule has 0 atom stereocenters. The smallest absolute Gasteiger partial charge is 0.271 e. The van der Waals surface area contributed by atoms with Crippen LogP contribution in [0, 0.1) is 10.1 Å². The Morgan fingerprint density at radius 3 is 2.53 bits per heavy atom. The second-order valence-electron chi connectivity index (χ2n) is 6.13. The van der Waals surface area contributed by atoms with Crippen LogP contribution in [0.1, 0.15) is 0 Å². The second kappa shape index (κ2) is 8.86. The topological polar surface area (TPSA) is 126 Å². The van der Waals surface area contributed by atoms with Gasteiger partial charge in [-0.25, -0.2) is 4.98 Å². The number of para-hydroxylation sites is 1. The lowest BCUT2D eigenvalue weighted by Crippen LogP contribution is -2.27. The molecule has 0 radical (unpaired) electrons. The fraction of sp³-hybridized carbons (Fsp3) is 0.150. The number of anilines is 1. The lowest BCUT2D eigenvalue weighted by Gasteiger charge is -2.11. The molecule has 0 bridgehead atoms. The molecule has 0 aliphatic carbocycles. The van der Waals surface area contributed by atoms with E-state index < -0.39 is 16.4 Å². The van der Waals surface area contributed by atoms with E-state index in [-0.39, 0.29) is 23.7 Å². The summed E-state index contributed by atoms with van der Waals surface area (Å²) in [6, 6.07) is 12.3. The number of ether oxygens (including phenoxy) is 2. The van der Waals surface area contributed by atoms with Gasteiger partial charge in [-0.3, -0.25) is 24.3 Å². The van der Waals surface area contributed by atoms with Gasteiger partial charge in [-0.05, 0) is 18.2 Å². The molecule has 0 saturated carbocycles. The van der Waals surface area contributed by atoms with Crippen LogP contribution in [-0.2, 0) is 11.3 Å². The van der Waals surface area contributed by atoms with E-state index >= 15 is 0 Å². The van der Waals surface area contributed by atoms with Crippen LogP contribution in [0.3, 0.4) is 0 Å². The van der Waals surface area contributed by atoms with Crippen LogP contribution in [0.4, 0.5) is 11.4 Å². The van der Waals surface area contributed by atoms with Gasteiger partial charge in [-0.15, -0.1) is 0 Å². The fourth-order valence-electron chi connectivity index (χ4n) is 2.80. The number of methoxy groups -OCH3 is 2. The lowest BCUT2D eigenvalue weighted by atomic mass is 10.1. The minimum Gasteiger partial charge on any atom is -0.496 e. The van der Waals surface area contributed by atoms with Gasteiger partial charge in [0.05, 0.1) is 36.9 Å². The first-order valence-electron chi connectivity index (χ1n) is 8.75. The number of nitrogens with zero attached hydrogens (tertiary/aromatic N) is 3. The van der Waals surface area contributed by atoms with Gasteiger partial charge in [0, 0.05) is 23.8 Å². The van der Waals surface area contributed by atoms with Gasteiger partial charge in [-0.1, -0.05) is 12.1 Å². The quantitative estimate of drug-likeness (QED) is 0.468. The maximum absolute atomic E-state index is 12.5. The van der Waals surface area contributed by atoms with Crippen LogP contribution in [0.25, 0.3) is 11.3 Å². The molecule has 10 heteroatoms. The number of carbonyl (C=O) groups is 1. The third kappa shape index (κ3) is 4.43. The fourth-order valence-corrected chi connectivity index (χ4v) is 2.80. The zero-order valence-electron chi connectivity index (χ0n) is 16.2. The van der Waals surface area contributed by atoms with Crippen LogP contribution in [0.2, 0.25) is 0 Å². The second-order valence-corrected chi connectivity index (χ2v) is 6.13. The molecule has 0 saturated heterocycles. The highest BCUT2D eigenvalue weighted by molar-refractivity contribution is 5.92. The highest BCUT2D eigenvalue weighted by Gasteiger charge is 2.15. The van der Waals surface area contributed by atoms with Crippen LogP contribution in [0.5, 0.6) is 11.5 Å². The molecule has 0 unspecified atom stereocenters. The lowest BCUT2D eigenvalue weighted by molar-refractivity contribution is -0.384. The van der Waals surface area contributed by atoms with E-state index in [9.17, 15) is 19.7 Å². The first-order valence-corrected chi connectivity index (χ1v) is 8.75. The molecule has 1 amide bonds. The number of nitro benzene ring substituents is 1. The summed E-state index contributed by atoms with van der Waals surface area (Å²) >= 11 is 0. The molecule has 2 aromatic carbocycles. The zero-order chi connectivity index (χ0) is 21.7. The summed E-state index contributed by atoms with van der Waals surface area (Å²) in [5, 5.41) is 13.5. The largest absolute Gasteiger partial charge is 0.496 e. The van der Waals surface area contributed by atoms with Crippen molar-refractivity contribution < 1.29 is 19.2 Å². The zero-order valence-corrected chi connectivity index (χ0v) is 16.2. The third-order valence-electron chi connectivity index (χ3n) is 4.24. The van der Waals surface area contributed by atoms with E-state index in [4.69, 9.17) is 9.47 Å². The monoisotopic (exact) mass is 410 g/mol. The summed E-state index contributed by atoms with van der Waals surface area (Å²) in [6.45, 7) is -0.329. The Morgan fingerprint density at radius 1 is 1.13 bits per heavy atom. The average molecular weight is 410 g/mol. The van der Waals surface area contributed by atoms with E-state index in [1.807, 2.05) is 0 Å². The van der Waals surface area contributed by atoms with Crippen molar-refractivity contribution in [2.75, 3.05) is 19.5 Å². The highest BCUT2D eigenvalue weighted by Crippen LogP contribution is 2.29. The molecule has 0 aliphatic heterocycles. The Bertz CT molecular complexity index is 1160. The number of benzene rings is 2. The third-order valence-corrected chi connectivity index (χ3v) is 4.24. The molecule has 10 nitrogen and oxygen atoms in total. The Hall–Kier alpha value is -4.21. The van der Waals surface area contributed by atoms with E-state index in [1.54, 1.807) is 24.3 Å². The number of hydrogen-bond donors (Lipinski definition) is 1. The summed E-state index contributed by atoms with van der Waals surface area (Å²) in [7, 11) is 2.90. The Labute approximate surface area is 170 Å². The van der Waals surface area contributed by atoms with Crippen LogP contribution >= 0.6 is 0 Å². The number of non-ortho nitro benzene ring substituents is 1. The molecule has 0 fully saturated rings. The van der Waals surface area contributed by atoms with Crippen LogP contribution in [-0.4, -0.2) is 34.6 Å². The van der Waals surface area contributed by atoms with Gasteiger partial charge >= 0.3 is 0 Å². The number of carbonyl (C=O) groups excluding carboxylic acids is 1. The van der Waals surface area contributed by atoms with Crippen molar-refractivity contribution in [3.63, 3.8) is 0 Å². The van der Waals surface area contributed by atoms with E-state index in [0.29, 0.717) is 17.0 Å². The molecule has 1 heterocycles. The molecular weight excluding hydrogens is 392 g/mol. The first-order chi connectivity index (χ1) is 14.4. The summed E-state index contributed by atoms with van der Waals surface area (Å²) in [6.07, 6.45) is 1.26. The predicted octanol–water partition coefficient (Wildman–Crippen LogP) is 2.47. The SMILES string of the molecule is COc1ccc([N+](=O)[O-])cc1NC(=O)Cn1cnc(-c2ccccc2OC)cc1=O. The minimum absolute atomic E-state index is 0.128. The molecular formula is C20H18N4O6. The van der Waals surface area contributed by atoms with Crippen molar-refractivity contribution in [1.82, 2.24) is 9.55 Å². The Balaban J connectivity index is 1.80. The number of amides is 1. The van der Waals surface area contributed by atoms with Crippen molar-refractivity contribution in [2.45, 2.75) is 6.54 Å². The normalized spacial score (nSPS) is 10.3. The maximum atomic E-state index is 12.5. The molecule has 1 N–H and O–H groups in total. The van der Waals surface area contributed by atoms with Gasteiger partial charge in [-0.2, -0.15) is 0 Å². The predicted molar refractivity (Wildman–Crippen MR) is 109 cm³/mol. The van der Waals surface area contributed by atoms with Gasteiger partial charge in [0.2, 0.25) is 5.91 Å². The minimum atomic E-state index is -0.583. The summed E-state index contributed by atoms with van der Waals surface area (Å²) in [5.41, 5.74) is 0.547. The standard InChI is InChI=1S/C20H18N4O6/c1-29-17-6-4-3-5-14(17)15-10-20(26)23(12-21-15)11-19(25)22-16-9-13(24(27)28)7-8-18(16)30-2/h3-10,12H,11H2,1-2H3,(H,22,25). The van der Waals surface area contributed by atoms with Gasteiger partial charge in [0.15, 0.2) is 0 Å². The van der Waals surface area contributed by atoms with Crippen molar-refractivity contribution >= 4 is 17.3 Å². The number of aromatic nitrogens is 2. The Kier molecular flexibility index (Phi) is 6.06. The Morgan fingerprint density at radius 2 is 1.87 bits per heavy atom. The molecule has 3 aromatic rings. The summed E-state index contributed by atoms with van der Waals surface area (Å²) in [4.78, 5) is 39.5. The number of nitro groups is 1. The number of hydrogen-bond acceptors (Lipinski definition) is 7. The maximum Gasteiger partial charge on any atom is 0.271 e. The van der Waals surface area contributed by atoms with E-state index in [1.165, 1.54) is 44.8 Å². The summed E-state index contributed by atoms with van der Waals surface area (Å²) < 4.78 is 11.5. The molecule has 1 aromatic heterocycles. The van der Waals surface area contributed by atoms with E-state index in [2.05, 4.69) is 10.3 Å². The van der Waals surface area contributed by atoms with Gasteiger partial charge in [0.1, 0.15) is 18.0 Å². The molecule has 3 rings (SSSR count). The van der Waals surface area contributed by atoms with Gasteiger partial charge in [0.25, 0.3) is 11.2 Å². The van der Waals surface area contributed by atoms with E-state index in [0.717, 1.165) is 4.57 Å². The van der Waals surface area contributed by atoms with Crippen molar-refractivity contribution in [2.24, 2.45) is 0 Å². The molecule has 30 heavy (non-hydrogen) atoms. The summed E-state index contributed by atoms with van der Waals surface area (Å²) in [5.74, 6) is 0.256. The first kappa shape index (κ1) is 20.5. The van der Waals surface area contributed by atoms with Crippen LogP contribution in [0.15, 0.2) is 59.7 Å². The molecule has 0 spiro atoms. The van der Waals surface area contributed by atoms with Crippen molar-refractivity contribution in [3.05, 3.63) is 75.3 Å². The molecule has 0 aliphatic rings. The average Bonchev–Trinajstić information content (AvgIpc) is 2.75. The van der Waals surface area contributed by atoms with Crippen molar-refractivity contribution in [3.8, 4) is 22.8 Å². The van der Waals surface area contributed by atoms with Crippen molar-refractivity contribution in [1.29, 1.82) is 0 Å². The highest BCUT2D eigenvalue weighted by atomic mass is 16.6. The van der Waals surface area contributed by atoms with Crippen LogP contribution < -0.4 is 20.3 Å².